The molecule has 1 heterocycles. The zero-order valence-electron chi connectivity index (χ0n) is 9.16. The minimum absolute atomic E-state index is 0. The topological polar surface area (TPSA) is 17.0 Å². The van der Waals surface area contributed by atoms with Crippen LogP contribution in [0.3, 0.4) is 0 Å². The van der Waals surface area contributed by atoms with Crippen LogP contribution in [0.1, 0.15) is 25.7 Å². The highest BCUT2D eigenvalue weighted by molar-refractivity contribution is 5.68. The SMILES string of the molecule is CCCC[n+]1c(C)oc2ccccc21.[I-]. The third-order valence-corrected chi connectivity index (χ3v) is 2.53. The van der Waals surface area contributed by atoms with Crippen LogP contribution in [-0.4, -0.2) is 0 Å². The van der Waals surface area contributed by atoms with Crippen LogP contribution < -0.4 is 28.5 Å². The molecule has 3 heteroatoms. The number of nitrogens with zero attached hydrogens (tertiary/aromatic N) is 1. The second-order valence-corrected chi connectivity index (χ2v) is 3.59. The van der Waals surface area contributed by atoms with E-state index < -0.39 is 0 Å². The summed E-state index contributed by atoms with van der Waals surface area (Å²) in [7, 11) is 0. The van der Waals surface area contributed by atoms with E-state index in [4.69, 9.17) is 4.42 Å². The number of para-hydroxylation sites is 2. The number of rotatable bonds is 3. The Kier molecular flexibility index (Phi) is 4.57. The van der Waals surface area contributed by atoms with Gasteiger partial charge in [-0.25, -0.2) is 0 Å². The Morgan fingerprint density at radius 1 is 1.27 bits per heavy atom. The third kappa shape index (κ3) is 2.51. The van der Waals surface area contributed by atoms with Gasteiger partial charge in [-0.1, -0.05) is 25.5 Å². The summed E-state index contributed by atoms with van der Waals surface area (Å²) < 4.78 is 7.91. The van der Waals surface area contributed by atoms with Crippen molar-refractivity contribution in [2.24, 2.45) is 0 Å². The summed E-state index contributed by atoms with van der Waals surface area (Å²) in [5, 5.41) is 0. The number of aryl methyl sites for hydroxylation is 2. The van der Waals surface area contributed by atoms with Gasteiger partial charge in [-0.2, -0.15) is 4.57 Å². The van der Waals surface area contributed by atoms with Crippen LogP contribution in [0.5, 0.6) is 0 Å². The summed E-state index contributed by atoms with van der Waals surface area (Å²) in [6, 6.07) is 8.20. The molecular weight excluding hydrogens is 301 g/mol. The van der Waals surface area contributed by atoms with Crippen molar-refractivity contribution in [3.05, 3.63) is 30.2 Å². The van der Waals surface area contributed by atoms with E-state index in [0.29, 0.717) is 0 Å². The van der Waals surface area contributed by atoms with Gasteiger partial charge in [-0.3, -0.25) is 0 Å². The fraction of sp³-hybridized carbons (Fsp3) is 0.417. The Labute approximate surface area is 107 Å². The number of halogens is 1. The maximum atomic E-state index is 5.66. The van der Waals surface area contributed by atoms with Gasteiger partial charge in [0.2, 0.25) is 5.58 Å². The fourth-order valence-electron chi connectivity index (χ4n) is 1.74. The van der Waals surface area contributed by atoms with Gasteiger partial charge in [-0.05, 0) is 6.07 Å². The van der Waals surface area contributed by atoms with Gasteiger partial charge >= 0.3 is 5.89 Å². The van der Waals surface area contributed by atoms with Crippen molar-refractivity contribution < 1.29 is 33.0 Å². The second kappa shape index (κ2) is 5.49. The van der Waals surface area contributed by atoms with Crippen LogP contribution in [0.2, 0.25) is 0 Å². The fourth-order valence-corrected chi connectivity index (χ4v) is 1.74. The summed E-state index contributed by atoms with van der Waals surface area (Å²) in [6.45, 7) is 5.28. The van der Waals surface area contributed by atoms with E-state index in [0.717, 1.165) is 18.0 Å². The molecule has 2 aromatic rings. The van der Waals surface area contributed by atoms with E-state index in [2.05, 4.69) is 23.6 Å². The molecule has 0 aliphatic carbocycles. The monoisotopic (exact) mass is 317 g/mol. The number of hydrogen-bond donors (Lipinski definition) is 0. The zero-order valence-corrected chi connectivity index (χ0v) is 11.3. The maximum absolute atomic E-state index is 5.66. The normalized spacial score (nSPS) is 10.3. The molecule has 0 saturated carbocycles. The molecule has 1 aromatic carbocycles. The van der Waals surface area contributed by atoms with Crippen molar-refractivity contribution in [1.29, 1.82) is 0 Å². The Morgan fingerprint density at radius 3 is 2.73 bits per heavy atom. The molecule has 0 aliphatic heterocycles. The summed E-state index contributed by atoms with van der Waals surface area (Å²) in [5.74, 6) is 1.000. The molecule has 1 aromatic heterocycles. The predicted octanol–water partition coefficient (Wildman–Crippen LogP) is -0.167. The van der Waals surface area contributed by atoms with Gasteiger partial charge in [0.05, 0.1) is 6.92 Å². The van der Waals surface area contributed by atoms with Crippen LogP contribution in [-0.2, 0) is 6.54 Å². The number of aromatic nitrogens is 1. The molecule has 0 aliphatic rings. The van der Waals surface area contributed by atoms with Gasteiger partial charge in [0.25, 0.3) is 5.52 Å². The number of oxazole rings is 1. The molecule has 2 rings (SSSR count). The first-order valence-electron chi connectivity index (χ1n) is 5.21. The number of unbranched alkanes of at least 4 members (excludes halogenated alkanes) is 1. The van der Waals surface area contributed by atoms with Crippen LogP contribution in [0, 0.1) is 6.92 Å². The molecule has 0 unspecified atom stereocenters. The van der Waals surface area contributed by atoms with Gasteiger partial charge in [-0.15, -0.1) is 0 Å². The average Bonchev–Trinajstić information content (AvgIpc) is 2.51. The molecule has 2 nitrogen and oxygen atoms in total. The Morgan fingerprint density at radius 2 is 2.00 bits per heavy atom. The largest absolute Gasteiger partial charge is 1.00 e. The first-order chi connectivity index (χ1) is 6.83. The molecule has 0 spiro atoms. The third-order valence-electron chi connectivity index (χ3n) is 2.53. The summed E-state index contributed by atoms with van der Waals surface area (Å²) in [5.41, 5.74) is 2.19. The molecule has 0 saturated heterocycles. The lowest BCUT2D eigenvalue weighted by molar-refractivity contribution is -0.683. The first kappa shape index (κ1) is 12.5. The number of hydrogen-bond acceptors (Lipinski definition) is 1. The van der Waals surface area contributed by atoms with Crippen LogP contribution in [0.4, 0.5) is 0 Å². The van der Waals surface area contributed by atoms with E-state index >= 15 is 0 Å². The lowest BCUT2D eigenvalue weighted by Crippen LogP contribution is -3.00. The van der Waals surface area contributed by atoms with Gasteiger partial charge in [0.1, 0.15) is 0 Å². The van der Waals surface area contributed by atoms with Gasteiger partial charge in [0, 0.05) is 12.5 Å². The first-order valence-corrected chi connectivity index (χ1v) is 5.21. The van der Waals surface area contributed by atoms with E-state index in [-0.39, 0.29) is 24.0 Å². The summed E-state index contributed by atoms with van der Waals surface area (Å²) in [6.07, 6.45) is 2.42. The molecule has 0 bridgehead atoms. The van der Waals surface area contributed by atoms with E-state index in [9.17, 15) is 0 Å². The lowest BCUT2D eigenvalue weighted by Gasteiger charge is -1.92. The van der Waals surface area contributed by atoms with Crippen molar-refractivity contribution in [2.75, 3.05) is 0 Å². The van der Waals surface area contributed by atoms with Crippen molar-refractivity contribution in [3.63, 3.8) is 0 Å². The summed E-state index contributed by atoms with van der Waals surface area (Å²) >= 11 is 0. The minimum Gasteiger partial charge on any atom is -1.00 e. The van der Waals surface area contributed by atoms with Gasteiger partial charge in [0.15, 0.2) is 6.54 Å². The molecule has 0 N–H and O–H groups in total. The smallest absolute Gasteiger partial charge is 0.344 e. The second-order valence-electron chi connectivity index (χ2n) is 3.59. The lowest BCUT2D eigenvalue weighted by atomic mass is 10.3. The number of benzene rings is 1. The molecular formula is C12H16INO. The van der Waals surface area contributed by atoms with Crippen LogP contribution >= 0.6 is 0 Å². The minimum atomic E-state index is 0. The highest BCUT2D eigenvalue weighted by Gasteiger charge is 2.16. The summed E-state index contributed by atoms with van der Waals surface area (Å²) in [4.78, 5) is 0. The van der Waals surface area contributed by atoms with Crippen molar-refractivity contribution in [2.45, 2.75) is 33.2 Å². The molecule has 0 amide bonds. The molecule has 15 heavy (non-hydrogen) atoms. The Balaban J connectivity index is 0.00000112. The van der Waals surface area contributed by atoms with Crippen molar-refractivity contribution >= 4 is 11.1 Å². The Bertz CT molecular complexity index is 436. The molecule has 0 radical (unpaired) electrons. The van der Waals surface area contributed by atoms with Crippen LogP contribution in [0.25, 0.3) is 11.1 Å². The van der Waals surface area contributed by atoms with Crippen molar-refractivity contribution in [3.8, 4) is 0 Å². The molecule has 0 atom stereocenters. The quantitative estimate of drug-likeness (QED) is 0.568. The molecule has 82 valence electrons. The van der Waals surface area contributed by atoms with E-state index in [1.54, 1.807) is 0 Å². The standard InChI is InChI=1S/C12H16NO.HI/c1-3-4-9-13-10(2)14-12-8-6-5-7-11(12)13;/h5-8H,3-4,9H2,1-2H3;1H/q+1;/p-1. The number of fused-ring (bicyclic) bond motifs is 1. The zero-order chi connectivity index (χ0) is 9.97. The van der Waals surface area contributed by atoms with E-state index in [1.165, 1.54) is 18.4 Å². The Hall–Kier alpha value is -0.580. The highest BCUT2D eigenvalue weighted by Crippen LogP contribution is 2.12. The van der Waals surface area contributed by atoms with Crippen molar-refractivity contribution in [1.82, 2.24) is 0 Å². The predicted molar refractivity (Wildman–Crippen MR) is 56.1 cm³/mol. The maximum Gasteiger partial charge on any atom is 0.344 e. The van der Waals surface area contributed by atoms with E-state index in [1.807, 2.05) is 19.1 Å². The average molecular weight is 317 g/mol. The van der Waals surface area contributed by atoms with Gasteiger partial charge < -0.3 is 28.4 Å². The molecule has 0 fully saturated rings. The van der Waals surface area contributed by atoms with Crippen LogP contribution in [0.15, 0.2) is 28.7 Å². The highest BCUT2D eigenvalue weighted by atomic mass is 127.